The number of aromatic nitrogens is 4. The third kappa shape index (κ3) is 2.45. The van der Waals surface area contributed by atoms with Crippen molar-refractivity contribution in [2.45, 2.75) is 25.4 Å². The van der Waals surface area contributed by atoms with E-state index < -0.39 is 11.2 Å². The number of carbonyl (C=O) groups is 1. The summed E-state index contributed by atoms with van der Waals surface area (Å²) in [4.78, 5) is 41.1. The monoisotopic (exact) mass is 353 g/mol. The van der Waals surface area contributed by atoms with E-state index in [1.165, 1.54) is 28.1 Å². The zero-order valence-electron chi connectivity index (χ0n) is 14.6. The summed E-state index contributed by atoms with van der Waals surface area (Å²) in [5, 5.41) is 3.03. The highest BCUT2D eigenvalue weighted by atomic mass is 16.2. The molecule has 3 aromatic rings. The first kappa shape index (κ1) is 16.3. The summed E-state index contributed by atoms with van der Waals surface area (Å²) < 4.78 is 3.82. The van der Waals surface area contributed by atoms with Gasteiger partial charge in [-0.25, -0.2) is 9.78 Å². The minimum Gasteiger partial charge on any atom is -0.348 e. The van der Waals surface area contributed by atoms with Crippen LogP contribution in [0.25, 0.3) is 11.2 Å². The third-order valence-electron chi connectivity index (χ3n) is 5.00. The van der Waals surface area contributed by atoms with Crippen molar-refractivity contribution in [2.75, 3.05) is 0 Å². The first-order valence-electron chi connectivity index (χ1n) is 8.45. The van der Waals surface area contributed by atoms with Gasteiger partial charge in [-0.1, -0.05) is 24.3 Å². The fourth-order valence-corrected chi connectivity index (χ4v) is 3.62. The van der Waals surface area contributed by atoms with E-state index in [-0.39, 0.29) is 29.7 Å². The van der Waals surface area contributed by atoms with E-state index in [4.69, 9.17) is 0 Å². The minimum atomic E-state index is -0.459. The molecule has 4 rings (SSSR count). The highest BCUT2D eigenvalue weighted by Crippen LogP contribution is 2.30. The van der Waals surface area contributed by atoms with Crippen molar-refractivity contribution in [2.24, 2.45) is 14.1 Å². The highest BCUT2D eigenvalue weighted by Gasteiger charge is 2.24. The summed E-state index contributed by atoms with van der Waals surface area (Å²) in [6.45, 7) is -0.0252. The SMILES string of the molecule is Cn1c(=O)c2c(ncn2CC(=O)N[C@@H]2CCc3ccccc32)n(C)c1=O. The number of hydrogen-bond donors (Lipinski definition) is 1. The predicted octanol–water partition coefficient (Wildman–Crippen LogP) is 0.237. The molecule has 0 unspecified atom stereocenters. The second kappa shape index (κ2) is 5.98. The van der Waals surface area contributed by atoms with Crippen LogP contribution in [-0.2, 0) is 31.9 Å². The van der Waals surface area contributed by atoms with E-state index in [2.05, 4.69) is 16.4 Å². The maximum absolute atomic E-state index is 12.5. The van der Waals surface area contributed by atoms with Gasteiger partial charge < -0.3 is 9.88 Å². The van der Waals surface area contributed by atoms with Crippen molar-refractivity contribution >= 4 is 17.1 Å². The van der Waals surface area contributed by atoms with Gasteiger partial charge in [0.15, 0.2) is 11.2 Å². The molecule has 8 heteroatoms. The van der Waals surface area contributed by atoms with Crippen molar-refractivity contribution in [1.82, 2.24) is 24.0 Å². The molecule has 8 nitrogen and oxygen atoms in total. The van der Waals surface area contributed by atoms with Crippen LogP contribution in [-0.4, -0.2) is 24.6 Å². The van der Waals surface area contributed by atoms with E-state index >= 15 is 0 Å². The number of fused-ring (bicyclic) bond motifs is 2. The van der Waals surface area contributed by atoms with Gasteiger partial charge >= 0.3 is 5.69 Å². The first-order chi connectivity index (χ1) is 12.5. The summed E-state index contributed by atoms with van der Waals surface area (Å²) in [5.41, 5.74) is 2.03. The van der Waals surface area contributed by atoms with Gasteiger partial charge in [0.1, 0.15) is 6.54 Å². The Hall–Kier alpha value is -3.16. The number of aryl methyl sites for hydroxylation is 2. The van der Waals surface area contributed by atoms with Crippen molar-refractivity contribution in [3.63, 3.8) is 0 Å². The predicted molar refractivity (Wildman–Crippen MR) is 95.9 cm³/mol. The number of benzene rings is 1. The average molecular weight is 353 g/mol. The molecule has 1 aliphatic carbocycles. The highest BCUT2D eigenvalue weighted by molar-refractivity contribution is 5.79. The van der Waals surface area contributed by atoms with Gasteiger partial charge in [-0.15, -0.1) is 0 Å². The maximum Gasteiger partial charge on any atom is 0.332 e. The van der Waals surface area contributed by atoms with Crippen molar-refractivity contribution in [3.05, 3.63) is 62.6 Å². The fraction of sp³-hybridized carbons (Fsp3) is 0.333. The molecule has 2 heterocycles. The third-order valence-corrected chi connectivity index (χ3v) is 5.00. The van der Waals surface area contributed by atoms with E-state index in [0.29, 0.717) is 0 Å². The van der Waals surface area contributed by atoms with Crippen molar-refractivity contribution in [3.8, 4) is 0 Å². The van der Waals surface area contributed by atoms with Gasteiger partial charge in [0.25, 0.3) is 5.56 Å². The largest absolute Gasteiger partial charge is 0.348 e. The van der Waals surface area contributed by atoms with Gasteiger partial charge in [-0.2, -0.15) is 0 Å². The second-order valence-corrected chi connectivity index (χ2v) is 6.61. The van der Waals surface area contributed by atoms with E-state index in [0.717, 1.165) is 23.0 Å². The van der Waals surface area contributed by atoms with Crippen LogP contribution in [0.15, 0.2) is 40.2 Å². The number of rotatable bonds is 3. The lowest BCUT2D eigenvalue weighted by atomic mass is 10.1. The number of carbonyl (C=O) groups excluding carboxylic acids is 1. The van der Waals surface area contributed by atoms with Crippen molar-refractivity contribution < 1.29 is 4.79 Å². The van der Waals surface area contributed by atoms with Gasteiger partial charge in [-0.05, 0) is 24.0 Å². The van der Waals surface area contributed by atoms with Crippen LogP contribution >= 0.6 is 0 Å². The molecule has 0 bridgehead atoms. The van der Waals surface area contributed by atoms with Crippen LogP contribution in [0, 0.1) is 0 Å². The first-order valence-corrected chi connectivity index (χ1v) is 8.45. The lowest BCUT2D eigenvalue weighted by molar-refractivity contribution is -0.122. The molecule has 26 heavy (non-hydrogen) atoms. The molecular formula is C18H19N5O3. The Kier molecular flexibility index (Phi) is 3.75. The molecule has 2 aromatic heterocycles. The van der Waals surface area contributed by atoms with Crippen LogP contribution in [0.5, 0.6) is 0 Å². The fourth-order valence-electron chi connectivity index (χ4n) is 3.62. The van der Waals surface area contributed by atoms with Crippen molar-refractivity contribution in [1.29, 1.82) is 0 Å². The Morgan fingerprint density at radius 2 is 2.00 bits per heavy atom. The Morgan fingerprint density at radius 3 is 2.81 bits per heavy atom. The quantitative estimate of drug-likeness (QED) is 0.730. The second-order valence-electron chi connectivity index (χ2n) is 6.61. The van der Waals surface area contributed by atoms with Gasteiger partial charge in [0.05, 0.1) is 12.4 Å². The molecule has 1 aliphatic rings. The smallest absolute Gasteiger partial charge is 0.332 e. The van der Waals surface area contributed by atoms with Crippen LogP contribution in [0.3, 0.4) is 0 Å². The molecular weight excluding hydrogens is 334 g/mol. The van der Waals surface area contributed by atoms with Gasteiger partial charge in [0.2, 0.25) is 5.91 Å². The Labute approximate surface area is 148 Å². The lowest BCUT2D eigenvalue weighted by Gasteiger charge is -2.14. The lowest BCUT2D eigenvalue weighted by Crippen LogP contribution is -2.38. The Morgan fingerprint density at radius 1 is 1.23 bits per heavy atom. The number of hydrogen-bond acceptors (Lipinski definition) is 4. The van der Waals surface area contributed by atoms with Crippen LogP contribution in [0.4, 0.5) is 0 Å². The Bertz CT molecular complexity index is 1140. The average Bonchev–Trinajstić information content (AvgIpc) is 3.23. The molecule has 1 atom stereocenters. The molecule has 0 fully saturated rings. The molecule has 0 saturated carbocycles. The maximum atomic E-state index is 12.5. The van der Waals surface area contributed by atoms with E-state index in [1.807, 2.05) is 18.2 Å². The summed E-state index contributed by atoms with van der Waals surface area (Å²) in [7, 11) is 2.97. The number of nitrogens with one attached hydrogen (secondary N) is 1. The summed E-state index contributed by atoms with van der Waals surface area (Å²) in [5.74, 6) is -0.193. The number of amides is 1. The molecule has 1 aromatic carbocycles. The minimum absolute atomic E-state index is 0.0133. The molecule has 134 valence electrons. The molecule has 0 radical (unpaired) electrons. The van der Waals surface area contributed by atoms with Crippen LogP contribution < -0.4 is 16.6 Å². The van der Waals surface area contributed by atoms with Crippen LogP contribution in [0.1, 0.15) is 23.6 Å². The summed E-state index contributed by atoms with van der Waals surface area (Å²) >= 11 is 0. The molecule has 1 amide bonds. The molecule has 1 N–H and O–H groups in total. The summed E-state index contributed by atoms with van der Waals surface area (Å²) in [6, 6.07) is 8.07. The molecule has 0 spiro atoms. The van der Waals surface area contributed by atoms with E-state index in [9.17, 15) is 14.4 Å². The van der Waals surface area contributed by atoms with E-state index in [1.54, 1.807) is 7.05 Å². The molecule has 0 saturated heterocycles. The van der Waals surface area contributed by atoms with Gasteiger partial charge in [0, 0.05) is 14.1 Å². The molecule has 0 aliphatic heterocycles. The van der Waals surface area contributed by atoms with Crippen LogP contribution in [0.2, 0.25) is 0 Å². The number of imidazole rings is 1. The Balaban J connectivity index is 1.62. The zero-order chi connectivity index (χ0) is 18.4. The number of nitrogens with zero attached hydrogens (tertiary/aromatic N) is 4. The summed E-state index contributed by atoms with van der Waals surface area (Å²) in [6.07, 6.45) is 3.23. The van der Waals surface area contributed by atoms with Gasteiger partial charge in [-0.3, -0.25) is 18.7 Å². The topological polar surface area (TPSA) is 90.9 Å². The normalized spacial score (nSPS) is 16.0. The standard InChI is InChI=1S/C18H19N5O3/c1-21-16-15(17(25)22(2)18(21)26)23(10-19-16)9-14(24)20-13-8-7-11-5-3-4-6-12(11)13/h3-6,10,13H,7-9H2,1-2H3,(H,20,24)/t13-/m1/s1. The zero-order valence-corrected chi connectivity index (χ0v) is 14.6.